The fourth-order valence-electron chi connectivity index (χ4n) is 4.12. The molecule has 0 spiro atoms. The third-order valence-corrected chi connectivity index (χ3v) is 7.11. The first-order chi connectivity index (χ1) is 16.8. The van der Waals surface area contributed by atoms with Crippen molar-refractivity contribution in [1.82, 2.24) is 19.5 Å². The van der Waals surface area contributed by atoms with Gasteiger partial charge in [-0.15, -0.1) is 0 Å². The zero-order chi connectivity index (χ0) is 25.3. The Balaban J connectivity index is 1.36. The smallest absolute Gasteiger partial charge is 0.267 e. The van der Waals surface area contributed by atoms with Crippen LogP contribution >= 0.6 is 7.82 Å². The van der Waals surface area contributed by atoms with E-state index < -0.39 is 39.0 Å². The van der Waals surface area contributed by atoms with Crippen molar-refractivity contribution in [3.63, 3.8) is 0 Å². The number of imidazole rings is 1. The Morgan fingerprint density at radius 3 is 2.37 bits per heavy atom. The molecule has 3 heterocycles. The minimum atomic E-state index is -4.57. The first kappa shape index (κ1) is 27.9. The largest absolute Gasteiger partial charge is 0.756 e. The van der Waals surface area contributed by atoms with E-state index in [-0.39, 0.29) is 12.4 Å². The Morgan fingerprint density at radius 1 is 1.03 bits per heavy atom. The molecule has 1 aliphatic rings. The molecular weight excluding hydrogens is 477 g/mol. The van der Waals surface area contributed by atoms with Crippen LogP contribution in [0.2, 0.25) is 0 Å². The van der Waals surface area contributed by atoms with Crippen LogP contribution < -0.4 is 10.6 Å². The number of nitrogen functional groups attached to an aromatic ring is 1. The minimum Gasteiger partial charge on any atom is -0.756 e. The van der Waals surface area contributed by atoms with Gasteiger partial charge in [-0.25, -0.2) is 15.0 Å². The quantitative estimate of drug-likeness (QED) is 0.221. The number of fused-ring (bicyclic) bond motifs is 1. The summed E-state index contributed by atoms with van der Waals surface area (Å²) in [5, 5.41) is 20.8. The molecule has 5 atom stereocenters. The number of phosphoric ester groups is 1. The molecule has 35 heavy (non-hydrogen) atoms. The van der Waals surface area contributed by atoms with Crippen LogP contribution in [0.25, 0.3) is 11.2 Å². The lowest BCUT2D eigenvalue weighted by Crippen LogP contribution is -2.34. The van der Waals surface area contributed by atoms with Crippen LogP contribution in [0, 0.1) is 0 Å². The van der Waals surface area contributed by atoms with Gasteiger partial charge in [0.25, 0.3) is 7.82 Å². The molecular formula is C22H37N5O7P-. The predicted octanol–water partition coefficient (Wildman–Crippen LogP) is 2.45. The molecule has 0 bridgehead atoms. The number of ether oxygens (including phenoxy) is 1. The number of phosphoric acid groups is 1. The zero-order valence-corrected chi connectivity index (χ0v) is 21.1. The lowest BCUT2D eigenvalue weighted by Gasteiger charge is -2.25. The summed E-state index contributed by atoms with van der Waals surface area (Å²) >= 11 is 0. The van der Waals surface area contributed by atoms with Gasteiger partial charge in [0.1, 0.15) is 30.2 Å². The molecule has 0 saturated carbocycles. The van der Waals surface area contributed by atoms with Crippen molar-refractivity contribution in [2.45, 2.75) is 95.7 Å². The maximum Gasteiger partial charge on any atom is 0.267 e. The number of hydrogen-bond acceptors (Lipinski definition) is 11. The first-order valence-electron chi connectivity index (χ1n) is 12.4. The van der Waals surface area contributed by atoms with Gasteiger partial charge in [0.15, 0.2) is 17.7 Å². The maximum atomic E-state index is 12.1. The van der Waals surface area contributed by atoms with Crippen LogP contribution in [0.5, 0.6) is 0 Å². The van der Waals surface area contributed by atoms with Gasteiger partial charge < -0.3 is 34.6 Å². The summed E-state index contributed by atoms with van der Waals surface area (Å²) in [6.45, 7) is 1.74. The highest BCUT2D eigenvalue weighted by molar-refractivity contribution is 7.45. The fraction of sp³-hybridized carbons (Fsp3) is 0.773. The van der Waals surface area contributed by atoms with E-state index in [0.29, 0.717) is 17.6 Å². The van der Waals surface area contributed by atoms with Crippen molar-refractivity contribution in [3.8, 4) is 0 Å². The molecule has 2 aromatic heterocycles. The van der Waals surface area contributed by atoms with E-state index in [1.54, 1.807) is 0 Å². The van der Waals surface area contributed by atoms with Gasteiger partial charge in [-0.1, -0.05) is 64.7 Å². The van der Waals surface area contributed by atoms with E-state index in [1.807, 2.05) is 0 Å². The Kier molecular flexibility index (Phi) is 10.8. The minimum absolute atomic E-state index is 0.0404. The maximum absolute atomic E-state index is 12.1. The lowest BCUT2D eigenvalue weighted by atomic mass is 10.1. The van der Waals surface area contributed by atoms with Crippen molar-refractivity contribution in [2.24, 2.45) is 0 Å². The summed E-state index contributed by atoms with van der Waals surface area (Å²) in [7, 11) is -4.57. The van der Waals surface area contributed by atoms with E-state index >= 15 is 0 Å². The van der Waals surface area contributed by atoms with Gasteiger partial charge >= 0.3 is 0 Å². The molecule has 1 saturated heterocycles. The molecule has 1 aliphatic heterocycles. The van der Waals surface area contributed by atoms with Gasteiger partial charge in [0.05, 0.1) is 19.5 Å². The van der Waals surface area contributed by atoms with Crippen LogP contribution in [0.15, 0.2) is 12.7 Å². The highest BCUT2D eigenvalue weighted by Gasteiger charge is 2.44. The van der Waals surface area contributed by atoms with Crippen molar-refractivity contribution >= 4 is 24.8 Å². The molecule has 13 heteroatoms. The summed E-state index contributed by atoms with van der Waals surface area (Å²) < 4.78 is 29.0. The number of nitrogens with two attached hydrogens (primary N) is 1. The standard InChI is InChI=1S/C22H38N5O7P/c1-2-3-4-5-6-7-8-9-10-11-12-32-35(30,31)33-13-16-18(28)19(29)22(34-16)27-15-26-17-20(23)24-14-25-21(17)27/h14-16,18-19,22,28-29H,2-13H2,1H3,(H,30,31)(H2,23,24,25)/p-1/t16-,18-,19-,22-/m1/s1. The van der Waals surface area contributed by atoms with E-state index in [2.05, 4.69) is 21.9 Å². The van der Waals surface area contributed by atoms with Gasteiger partial charge in [-0.05, 0) is 6.42 Å². The topological polar surface area (TPSA) is 178 Å². The number of aliphatic hydroxyl groups excluding tert-OH is 2. The summed E-state index contributed by atoms with van der Waals surface area (Å²) in [5.74, 6) is 0.161. The van der Waals surface area contributed by atoms with E-state index in [0.717, 1.165) is 19.3 Å². The third kappa shape index (κ3) is 7.91. The van der Waals surface area contributed by atoms with Crippen molar-refractivity contribution < 1.29 is 33.5 Å². The summed E-state index contributed by atoms with van der Waals surface area (Å²) in [4.78, 5) is 24.1. The van der Waals surface area contributed by atoms with E-state index in [9.17, 15) is 19.7 Å². The number of unbranched alkanes of at least 4 members (excludes halogenated alkanes) is 9. The van der Waals surface area contributed by atoms with Crippen LogP contribution in [-0.2, 0) is 18.3 Å². The van der Waals surface area contributed by atoms with Crippen LogP contribution in [0.4, 0.5) is 5.82 Å². The van der Waals surface area contributed by atoms with Crippen LogP contribution in [0.1, 0.15) is 77.4 Å². The van der Waals surface area contributed by atoms with Gasteiger partial charge in [0, 0.05) is 0 Å². The number of aromatic nitrogens is 4. The number of hydrogen-bond donors (Lipinski definition) is 3. The molecule has 2 aromatic rings. The third-order valence-electron chi connectivity index (χ3n) is 6.14. The second-order valence-corrected chi connectivity index (χ2v) is 10.3. The molecule has 0 aromatic carbocycles. The molecule has 0 radical (unpaired) electrons. The average Bonchev–Trinajstić information content (AvgIpc) is 3.38. The number of rotatable bonds is 16. The molecule has 3 rings (SSSR count). The Morgan fingerprint density at radius 2 is 1.69 bits per heavy atom. The number of anilines is 1. The Labute approximate surface area is 205 Å². The van der Waals surface area contributed by atoms with Gasteiger partial charge in [0.2, 0.25) is 0 Å². The van der Waals surface area contributed by atoms with Crippen LogP contribution in [-0.4, -0.2) is 61.3 Å². The molecule has 198 valence electrons. The molecule has 12 nitrogen and oxygen atoms in total. The van der Waals surface area contributed by atoms with E-state index in [1.165, 1.54) is 55.7 Å². The molecule has 1 unspecified atom stereocenters. The first-order valence-corrected chi connectivity index (χ1v) is 13.8. The second-order valence-electron chi connectivity index (χ2n) is 8.89. The average molecular weight is 515 g/mol. The SMILES string of the molecule is CCCCCCCCCCCCOP(=O)([O-])OC[C@H]1O[C@@H](n2cnc3c(N)ncnc32)[C@H](O)[C@@H]1O. The number of aliphatic hydroxyl groups is 2. The van der Waals surface area contributed by atoms with E-state index in [4.69, 9.17) is 19.5 Å². The number of nitrogens with zero attached hydrogens (tertiary/aromatic N) is 4. The molecule has 4 N–H and O–H groups in total. The van der Waals surface area contributed by atoms with Gasteiger partial charge in [-0.3, -0.25) is 9.13 Å². The Hall–Kier alpha value is -1.66. The predicted molar refractivity (Wildman–Crippen MR) is 127 cm³/mol. The normalized spacial score (nSPS) is 24.2. The summed E-state index contributed by atoms with van der Waals surface area (Å²) in [6, 6.07) is 0. The highest BCUT2D eigenvalue weighted by atomic mass is 31.2. The zero-order valence-electron chi connectivity index (χ0n) is 20.2. The lowest BCUT2D eigenvalue weighted by molar-refractivity contribution is -0.228. The fourth-order valence-corrected chi connectivity index (χ4v) is 4.88. The second kappa shape index (κ2) is 13.6. The molecule has 0 amide bonds. The van der Waals surface area contributed by atoms with Crippen molar-refractivity contribution in [1.29, 1.82) is 0 Å². The van der Waals surface area contributed by atoms with Crippen molar-refractivity contribution in [2.75, 3.05) is 18.9 Å². The Bertz CT molecular complexity index is 961. The van der Waals surface area contributed by atoms with Gasteiger partial charge in [-0.2, -0.15) is 0 Å². The molecule has 0 aliphatic carbocycles. The summed E-state index contributed by atoms with van der Waals surface area (Å²) in [6.07, 6.45) is 8.97. The van der Waals surface area contributed by atoms with Crippen LogP contribution in [0.3, 0.4) is 0 Å². The monoisotopic (exact) mass is 514 g/mol. The van der Waals surface area contributed by atoms with Crippen molar-refractivity contribution in [3.05, 3.63) is 12.7 Å². The summed E-state index contributed by atoms with van der Waals surface area (Å²) in [5.41, 5.74) is 6.41. The highest BCUT2D eigenvalue weighted by Crippen LogP contribution is 2.40. The molecule has 1 fully saturated rings.